The monoisotopic (exact) mass is 325 g/mol. The minimum Gasteiger partial charge on any atom is -0.350 e. The molecular weight excluding hydrogens is 302 g/mol. The molecule has 0 aliphatic rings. The van der Waals surface area contributed by atoms with E-state index in [2.05, 4.69) is 22.4 Å². The van der Waals surface area contributed by atoms with Crippen LogP contribution in [0.25, 0.3) is 11.0 Å². The molecule has 1 amide bonds. The lowest BCUT2D eigenvalue weighted by Gasteiger charge is -2.11. The molecule has 1 aromatic carbocycles. The fourth-order valence-corrected chi connectivity index (χ4v) is 2.77. The molecule has 6 heteroatoms. The molecule has 0 saturated heterocycles. The number of carbonyl (C=O) groups excluding carboxylic acids is 1. The van der Waals surface area contributed by atoms with Gasteiger partial charge < -0.3 is 5.32 Å². The zero-order chi connectivity index (χ0) is 17.3. The van der Waals surface area contributed by atoms with Crippen molar-refractivity contribution in [3.63, 3.8) is 0 Å². The Bertz CT molecular complexity index is 860. The smallest absolute Gasteiger partial charge is 0.251 e. The van der Waals surface area contributed by atoms with Gasteiger partial charge in [0.25, 0.3) is 5.91 Å². The summed E-state index contributed by atoms with van der Waals surface area (Å²) in [7, 11) is 1.92. The predicted octanol–water partition coefficient (Wildman–Crippen LogP) is 2.65. The van der Waals surface area contributed by atoms with Gasteiger partial charge in [-0.15, -0.1) is 0 Å². The van der Waals surface area contributed by atoms with Crippen LogP contribution < -0.4 is 5.32 Å². The number of benzene rings is 1. The fraction of sp³-hybridized carbons (Fsp3) is 0.389. The largest absolute Gasteiger partial charge is 0.350 e. The Morgan fingerprint density at radius 2 is 2.00 bits per heavy atom. The van der Waals surface area contributed by atoms with Crippen LogP contribution in [0.4, 0.5) is 0 Å². The van der Waals surface area contributed by atoms with Gasteiger partial charge in [0.1, 0.15) is 11.0 Å². The van der Waals surface area contributed by atoms with Gasteiger partial charge in [-0.25, -0.2) is 0 Å². The molecule has 0 spiro atoms. The van der Waals surface area contributed by atoms with E-state index in [1.165, 1.54) is 0 Å². The van der Waals surface area contributed by atoms with Gasteiger partial charge >= 0.3 is 0 Å². The third kappa shape index (κ3) is 3.04. The van der Waals surface area contributed by atoms with Gasteiger partial charge in [0.05, 0.1) is 18.4 Å². The van der Waals surface area contributed by atoms with E-state index in [0.29, 0.717) is 12.1 Å². The minimum absolute atomic E-state index is 0.0273. The van der Waals surface area contributed by atoms with E-state index in [4.69, 9.17) is 0 Å². The molecule has 1 unspecified atom stereocenters. The summed E-state index contributed by atoms with van der Waals surface area (Å²) in [5.41, 5.74) is 4.83. The molecule has 0 fully saturated rings. The molecule has 0 bridgehead atoms. The second-order valence-corrected chi connectivity index (χ2v) is 6.22. The number of nitrogens with zero attached hydrogens (tertiary/aromatic N) is 4. The van der Waals surface area contributed by atoms with Crippen LogP contribution in [0.2, 0.25) is 0 Å². The predicted molar refractivity (Wildman–Crippen MR) is 94.0 cm³/mol. The zero-order valence-corrected chi connectivity index (χ0v) is 14.6. The van der Waals surface area contributed by atoms with Crippen molar-refractivity contribution in [2.24, 2.45) is 7.05 Å². The highest BCUT2D eigenvalue weighted by Crippen LogP contribution is 2.18. The molecule has 126 valence electrons. The fourth-order valence-electron chi connectivity index (χ4n) is 2.77. The molecule has 0 aliphatic carbocycles. The number of nitrogens with one attached hydrogen (secondary N) is 1. The number of aryl methyl sites for hydroxylation is 2. The lowest BCUT2D eigenvalue weighted by molar-refractivity contribution is 0.0939. The van der Waals surface area contributed by atoms with Gasteiger partial charge in [0, 0.05) is 18.7 Å². The van der Waals surface area contributed by atoms with E-state index in [1.54, 1.807) is 0 Å². The van der Waals surface area contributed by atoms with Crippen LogP contribution >= 0.6 is 0 Å². The van der Waals surface area contributed by atoms with E-state index < -0.39 is 0 Å². The van der Waals surface area contributed by atoms with Gasteiger partial charge in [-0.1, -0.05) is 19.1 Å². The molecule has 3 aromatic rings. The Kier molecular flexibility index (Phi) is 4.38. The summed E-state index contributed by atoms with van der Waals surface area (Å²) >= 11 is 0. The van der Waals surface area contributed by atoms with Crippen molar-refractivity contribution in [2.45, 2.75) is 39.8 Å². The van der Waals surface area contributed by atoms with E-state index in [-0.39, 0.29) is 11.9 Å². The summed E-state index contributed by atoms with van der Waals surface area (Å²) in [4.78, 5) is 12.1. The lowest BCUT2D eigenvalue weighted by Crippen LogP contribution is -2.31. The van der Waals surface area contributed by atoms with E-state index in [9.17, 15) is 4.79 Å². The zero-order valence-electron chi connectivity index (χ0n) is 14.6. The van der Waals surface area contributed by atoms with Crippen LogP contribution in [0.1, 0.15) is 41.9 Å². The molecule has 0 radical (unpaired) electrons. The molecule has 1 atom stereocenters. The number of fused-ring (bicyclic) bond motifs is 1. The Hall–Kier alpha value is -2.63. The maximum atomic E-state index is 12.1. The molecular formula is C18H23N5O. The highest BCUT2D eigenvalue weighted by Gasteiger charge is 2.12. The first-order valence-corrected chi connectivity index (χ1v) is 8.24. The highest BCUT2D eigenvalue weighted by molar-refractivity contribution is 5.94. The SMILES string of the molecule is CCC(C)NC(=O)c1ccc(Cn2ncc3c2c(C)nn3C)cc1. The third-order valence-corrected chi connectivity index (χ3v) is 4.35. The first-order chi connectivity index (χ1) is 11.5. The van der Waals surface area contributed by atoms with Crippen molar-refractivity contribution < 1.29 is 4.79 Å². The Morgan fingerprint density at radius 3 is 2.67 bits per heavy atom. The van der Waals surface area contributed by atoms with Crippen LogP contribution in [0.5, 0.6) is 0 Å². The number of carbonyl (C=O) groups is 1. The van der Waals surface area contributed by atoms with Crippen LogP contribution in [-0.4, -0.2) is 31.5 Å². The Morgan fingerprint density at radius 1 is 1.29 bits per heavy atom. The van der Waals surface area contributed by atoms with E-state index in [1.807, 2.05) is 60.7 Å². The van der Waals surface area contributed by atoms with Gasteiger partial charge in [0.15, 0.2) is 0 Å². The van der Waals surface area contributed by atoms with Crippen LogP contribution in [0, 0.1) is 6.92 Å². The average Bonchev–Trinajstić information content (AvgIpc) is 3.10. The topological polar surface area (TPSA) is 64.7 Å². The number of aromatic nitrogens is 4. The van der Waals surface area contributed by atoms with Crippen molar-refractivity contribution in [3.05, 3.63) is 47.3 Å². The lowest BCUT2D eigenvalue weighted by atomic mass is 10.1. The quantitative estimate of drug-likeness (QED) is 0.784. The van der Waals surface area contributed by atoms with Crippen LogP contribution in [-0.2, 0) is 13.6 Å². The van der Waals surface area contributed by atoms with Crippen LogP contribution in [0.3, 0.4) is 0 Å². The number of amides is 1. The van der Waals surface area contributed by atoms with Crippen molar-refractivity contribution in [1.82, 2.24) is 24.9 Å². The van der Waals surface area contributed by atoms with Crippen molar-refractivity contribution in [1.29, 1.82) is 0 Å². The maximum absolute atomic E-state index is 12.1. The molecule has 2 heterocycles. The second-order valence-electron chi connectivity index (χ2n) is 6.22. The maximum Gasteiger partial charge on any atom is 0.251 e. The summed E-state index contributed by atoms with van der Waals surface area (Å²) in [5, 5.41) is 11.9. The Balaban J connectivity index is 1.77. The standard InChI is InChI=1S/C18H23N5O/c1-5-12(2)20-18(24)15-8-6-14(7-9-15)11-23-17-13(3)21-22(4)16(17)10-19-23/h6-10,12H,5,11H2,1-4H3,(H,20,24). The van der Waals surface area contributed by atoms with Crippen LogP contribution in [0.15, 0.2) is 30.5 Å². The molecule has 3 rings (SSSR count). The van der Waals surface area contributed by atoms with E-state index in [0.717, 1.165) is 28.7 Å². The second kappa shape index (κ2) is 6.47. The summed E-state index contributed by atoms with van der Waals surface area (Å²) in [6, 6.07) is 7.87. The summed E-state index contributed by atoms with van der Waals surface area (Å²) < 4.78 is 3.79. The summed E-state index contributed by atoms with van der Waals surface area (Å²) in [5.74, 6) is -0.0273. The van der Waals surface area contributed by atoms with Crippen molar-refractivity contribution in [2.75, 3.05) is 0 Å². The highest BCUT2D eigenvalue weighted by atomic mass is 16.1. The molecule has 1 N–H and O–H groups in total. The first kappa shape index (κ1) is 16.2. The molecule has 2 aromatic heterocycles. The Labute approximate surface area is 141 Å². The summed E-state index contributed by atoms with van der Waals surface area (Å²) in [6.07, 6.45) is 2.76. The molecule has 0 aliphatic heterocycles. The van der Waals surface area contributed by atoms with Crippen molar-refractivity contribution >= 4 is 16.9 Å². The van der Waals surface area contributed by atoms with Gasteiger partial charge in [-0.05, 0) is 38.0 Å². The number of rotatable bonds is 5. The van der Waals surface area contributed by atoms with Gasteiger partial charge in [-0.2, -0.15) is 10.2 Å². The number of hydrogen-bond acceptors (Lipinski definition) is 3. The number of hydrogen-bond donors (Lipinski definition) is 1. The van der Waals surface area contributed by atoms with Gasteiger partial charge in [-0.3, -0.25) is 14.2 Å². The van der Waals surface area contributed by atoms with Crippen molar-refractivity contribution in [3.8, 4) is 0 Å². The first-order valence-electron chi connectivity index (χ1n) is 8.24. The average molecular weight is 325 g/mol. The normalized spacial score (nSPS) is 12.5. The third-order valence-electron chi connectivity index (χ3n) is 4.35. The molecule has 24 heavy (non-hydrogen) atoms. The minimum atomic E-state index is -0.0273. The van der Waals surface area contributed by atoms with Gasteiger partial charge in [0.2, 0.25) is 0 Å². The molecule has 0 saturated carbocycles. The van der Waals surface area contributed by atoms with E-state index >= 15 is 0 Å². The molecule has 6 nitrogen and oxygen atoms in total. The summed E-state index contributed by atoms with van der Waals surface area (Å²) in [6.45, 7) is 6.71.